The van der Waals surface area contributed by atoms with E-state index in [2.05, 4.69) is 27.8 Å². The molecule has 0 amide bonds. The van der Waals surface area contributed by atoms with E-state index in [1.807, 2.05) is 0 Å². The molecule has 0 bridgehead atoms. The third kappa shape index (κ3) is 3.49. The first-order valence-corrected chi connectivity index (χ1v) is 5.17. The molecule has 0 aliphatic rings. The van der Waals surface area contributed by atoms with Gasteiger partial charge in [-0.3, -0.25) is 0 Å². The number of nitrogens with two attached hydrogens (primary N) is 1. The molecule has 0 heterocycles. The van der Waals surface area contributed by atoms with Gasteiger partial charge in [0.1, 0.15) is 5.82 Å². The Morgan fingerprint density at radius 2 is 2.21 bits per heavy atom. The second kappa shape index (κ2) is 5.79. The SMILES string of the molecule is NCCCC#Cc1cc(Br)ccc1F. The van der Waals surface area contributed by atoms with E-state index in [4.69, 9.17) is 5.73 Å². The van der Waals surface area contributed by atoms with Gasteiger partial charge in [0.25, 0.3) is 0 Å². The van der Waals surface area contributed by atoms with Crippen molar-refractivity contribution in [2.45, 2.75) is 12.8 Å². The highest BCUT2D eigenvalue weighted by Gasteiger charge is 1.98. The van der Waals surface area contributed by atoms with Crippen LogP contribution in [0.3, 0.4) is 0 Å². The molecule has 0 radical (unpaired) electrons. The summed E-state index contributed by atoms with van der Waals surface area (Å²) in [6.45, 7) is 0.621. The van der Waals surface area contributed by atoms with Gasteiger partial charge < -0.3 is 5.73 Å². The van der Waals surface area contributed by atoms with Crippen molar-refractivity contribution in [3.63, 3.8) is 0 Å². The summed E-state index contributed by atoms with van der Waals surface area (Å²) in [5.41, 5.74) is 5.74. The van der Waals surface area contributed by atoms with Crippen molar-refractivity contribution < 1.29 is 4.39 Å². The molecule has 0 fully saturated rings. The lowest BCUT2D eigenvalue weighted by molar-refractivity contribution is 0.624. The highest BCUT2D eigenvalue weighted by Crippen LogP contribution is 2.14. The lowest BCUT2D eigenvalue weighted by Gasteiger charge is -1.94. The second-order valence-electron chi connectivity index (χ2n) is 2.82. The molecule has 3 heteroatoms. The van der Waals surface area contributed by atoms with E-state index in [-0.39, 0.29) is 5.82 Å². The summed E-state index contributed by atoms with van der Waals surface area (Å²) in [7, 11) is 0. The highest BCUT2D eigenvalue weighted by atomic mass is 79.9. The maximum atomic E-state index is 13.1. The van der Waals surface area contributed by atoms with Gasteiger partial charge in [-0.15, -0.1) is 0 Å². The maximum Gasteiger partial charge on any atom is 0.138 e. The lowest BCUT2D eigenvalue weighted by Crippen LogP contribution is -1.96. The van der Waals surface area contributed by atoms with Gasteiger partial charge >= 0.3 is 0 Å². The lowest BCUT2D eigenvalue weighted by atomic mass is 10.2. The van der Waals surface area contributed by atoms with E-state index in [9.17, 15) is 4.39 Å². The zero-order chi connectivity index (χ0) is 10.4. The van der Waals surface area contributed by atoms with Gasteiger partial charge in [0.2, 0.25) is 0 Å². The fourth-order valence-corrected chi connectivity index (χ4v) is 1.30. The number of hydrogen-bond acceptors (Lipinski definition) is 1. The van der Waals surface area contributed by atoms with E-state index in [1.54, 1.807) is 12.1 Å². The fraction of sp³-hybridized carbons (Fsp3) is 0.273. The van der Waals surface area contributed by atoms with Gasteiger partial charge in [-0.05, 0) is 31.2 Å². The molecule has 0 spiro atoms. The second-order valence-corrected chi connectivity index (χ2v) is 3.73. The third-order valence-corrected chi connectivity index (χ3v) is 2.15. The summed E-state index contributed by atoms with van der Waals surface area (Å²) in [4.78, 5) is 0. The maximum absolute atomic E-state index is 13.1. The molecule has 0 unspecified atom stereocenters. The minimum Gasteiger partial charge on any atom is -0.330 e. The first-order chi connectivity index (χ1) is 6.74. The molecule has 1 aromatic rings. The smallest absolute Gasteiger partial charge is 0.138 e. The zero-order valence-electron chi connectivity index (χ0n) is 7.69. The van der Waals surface area contributed by atoms with Gasteiger partial charge in [-0.1, -0.05) is 27.8 Å². The van der Waals surface area contributed by atoms with Crippen molar-refractivity contribution >= 4 is 15.9 Å². The van der Waals surface area contributed by atoms with Gasteiger partial charge in [-0.2, -0.15) is 0 Å². The summed E-state index contributed by atoms with van der Waals surface area (Å²) in [5, 5.41) is 0. The van der Waals surface area contributed by atoms with E-state index in [0.29, 0.717) is 18.5 Å². The molecule has 74 valence electrons. The third-order valence-electron chi connectivity index (χ3n) is 1.66. The topological polar surface area (TPSA) is 26.0 Å². The Labute approximate surface area is 91.6 Å². The summed E-state index contributed by atoms with van der Waals surface area (Å²) < 4.78 is 14.0. The van der Waals surface area contributed by atoms with Crippen molar-refractivity contribution in [2.24, 2.45) is 5.73 Å². The fourth-order valence-electron chi connectivity index (χ4n) is 0.941. The van der Waals surface area contributed by atoms with Crippen LogP contribution in [-0.2, 0) is 0 Å². The zero-order valence-corrected chi connectivity index (χ0v) is 9.27. The average molecular weight is 256 g/mol. The van der Waals surface area contributed by atoms with Crippen molar-refractivity contribution in [1.82, 2.24) is 0 Å². The Kier molecular flexibility index (Phi) is 4.64. The molecule has 0 saturated carbocycles. The first kappa shape index (κ1) is 11.2. The minimum absolute atomic E-state index is 0.284. The Morgan fingerprint density at radius 3 is 2.93 bits per heavy atom. The van der Waals surface area contributed by atoms with Crippen molar-refractivity contribution in [3.8, 4) is 11.8 Å². The monoisotopic (exact) mass is 255 g/mol. The standard InChI is InChI=1S/C11H11BrFN/c12-10-5-6-11(13)9(8-10)4-2-1-3-7-14/h5-6,8H,1,3,7,14H2. The van der Waals surface area contributed by atoms with Crippen LogP contribution >= 0.6 is 15.9 Å². The summed E-state index contributed by atoms with van der Waals surface area (Å²) in [6.07, 6.45) is 1.56. The van der Waals surface area contributed by atoms with Gasteiger partial charge in [-0.25, -0.2) is 4.39 Å². The predicted octanol–water partition coefficient (Wildman–Crippen LogP) is 2.68. The molecule has 1 nitrogen and oxygen atoms in total. The molecule has 0 saturated heterocycles. The van der Waals surface area contributed by atoms with Gasteiger partial charge in [0.15, 0.2) is 0 Å². The van der Waals surface area contributed by atoms with E-state index >= 15 is 0 Å². The number of rotatable bonds is 2. The Balaban J connectivity index is 2.73. The van der Waals surface area contributed by atoms with E-state index < -0.39 is 0 Å². The average Bonchev–Trinajstić information content (AvgIpc) is 2.18. The summed E-state index contributed by atoms with van der Waals surface area (Å²) >= 11 is 3.26. The van der Waals surface area contributed by atoms with Crippen LogP contribution in [0.25, 0.3) is 0 Å². The number of halogens is 2. The van der Waals surface area contributed by atoms with Crippen molar-refractivity contribution in [2.75, 3.05) is 6.54 Å². The van der Waals surface area contributed by atoms with Crippen LogP contribution in [-0.4, -0.2) is 6.54 Å². The number of benzene rings is 1. The minimum atomic E-state index is -0.284. The summed E-state index contributed by atoms with van der Waals surface area (Å²) in [6, 6.07) is 4.72. The molecular formula is C11H11BrFN. The van der Waals surface area contributed by atoms with Crippen LogP contribution in [0.1, 0.15) is 18.4 Å². The van der Waals surface area contributed by atoms with Crippen LogP contribution in [0.5, 0.6) is 0 Å². The highest BCUT2D eigenvalue weighted by molar-refractivity contribution is 9.10. The summed E-state index contributed by atoms with van der Waals surface area (Å²) in [5.74, 6) is 5.37. The Morgan fingerprint density at radius 1 is 1.43 bits per heavy atom. The Hall–Kier alpha value is -0.850. The number of unbranched alkanes of at least 4 members (excludes halogenated alkanes) is 1. The largest absolute Gasteiger partial charge is 0.330 e. The van der Waals surface area contributed by atoms with Crippen LogP contribution in [0.15, 0.2) is 22.7 Å². The normalized spacial score (nSPS) is 9.36. The number of hydrogen-bond donors (Lipinski definition) is 1. The van der Waals surface area contributed by atoms with Crippen LogP contribution in [0.2, 0.25) is 0 Å². The molecule has 0 aromatic heterocycles. The van der Waals surface area contributed by atoms with Gasteiger partial charge in [0.05, 0.1) is 5.56 Å². The Bertz CT molecular complexity index is 365. The molecule has 0 aliphatic heterocycles. The van der Waals surface area contributed by atoms with Crippen LogP contribution < -0.4 is 5.73 Å². The van der Waals surface area contributed by atoms with Crippen molar-refractivity contribution in [3.05, 3.63) is 34.1 Å². The molecule has 1 aromatic carbocycles. The predicted molar refractivity (Wildman–Crippen MR) is 59.3 cm³/mol. The van der Waals surface area contributed by atoms with Crippen molar-refractivity contribution in [1.29, 1.82) is 0 Å². The van der Waals surface area contributed by atoms with E-state index in [1.165, 1.54) is 6.07 Å². The molecule has 14 heavy (non-hydrogen) atoms. The molecule has 0 aliphatic carbocycles. The molecule has 0 atom stereocenters. The van der Waals surface area contributed by atoms with Crippen LogP contribution in [0.4, 0.5) is 4.39 Å². The molecule has 2 N–H and O–H groups in total. The first-order valence-electron chi connectivity index (χ1n) is 4.38. The quantitative estimate of drug-likeness (QED) is 0.639. The van der Waals surface area contributed by atoms with E-state index in [0.717, 1.165) is 10.9 Å². The molecule has 1 rings (SSSR count). The van der Waals surface area contributed by atoms with Gasteiger partial charge in [0, 0.05) is 10.9 Å². The molecular weight excluding hydrogens is 245 g/mol. The van der Waals surface area contributed by atoms with Crippen LogP contribution in [0, 0.1) is 17.7 Å².